The quantitative estimate of drug-likeness (QED) is 0.468. The Hall–Kier alpha value is -1.35. The molecule has 0 unspecified atom stereocenters. The summed E-state index contributed by atoms with van der Waals surface area (Å²) in [5.74, 6) is 5.33. The van der Waals surface area contributed by atoms with Crippen LogP contribution in [0.4, 0.5) is 0 Å². The van der Waals surface area contributed by atoms with E-state index in [0.717, 1.165) is 24.3 Å². The highest BCUT2D eigenvalue weighted by Crippen LogP contribution is 2.08. The molecule has 3 heteroatoms. The van der Waals surface area contributed by atoms with Gasteiger partial charge in [-0.15, -0.1) is 0 Å². The summed E-state index contributed by atoms with van der Waals surface area (Å²) < 4.78 is 0. The van der Waals surface area contributed by atoms with Crippen LogP contribution >= 0.6 is 0 Å². The summed E-state index contributed by atoms with van der Waals surface area (Å²) in [5, 5.41) is 1.15. The Labute approximate surface area is 97.2 Å². The van der Waals surface area contributed by atoms with Crippen molar-refractivity contribution >= 4 is 5.91 Å². The SMILES string of the molecule is CCc1ccc(CCCC(=O)N(C)N)cc1. The molecule has 16 heavy (non-hydrogen) atoms. The molecule has 0 radical (unpaired) electrons. The molecule has 0 saturated carbocycles. The predicted octanol–water partition coefficient (Wildman–Crippen LogP) is 1.90. The molecule has 0 bridgehead atoms. The lowest BCUT2D eigenvalue weighted by molar-refractivity contribution is -0.130. The van der Waals surface area contributed by atoms with Crippen molar-refractivity contribution in [3.63, 3.8) is 0 Å². The lowest BCUT2D eigenvalue weighted by Crippen LogP contribution is -2.32. The Morgan fingerprint density at radius 1 is 1.25 bits per heavy atom. The van der Waals surface area contributed by atoms with Gasteiger partial charge in [-0.1, -0.05) is 31.2 Å². The number of nitrogens with two attached hydrogens (primary N) is 1. The number of hydrogen-bond donors (Lipinski definition) is 1. The van der Waals surface area contributed by atoms with Gasteiger partial charge in [0.1, 0.15) is 0 Å². The molecule has 0 aliphatic heterocycles. The van der Waals surface area contributed by atoms with Crippen molar-refractivity contribution in [3.05, 3.63) is 35.4 Å². The average molecular weight is 220 g/mol. The van der Waals surface area contributed by atoms with Gasteiger partial charge in [0.25, 0.3) is 0 Å². The van der Waals surface area contributed by atoms with Crippen LogP contribution in [-0.4, -0.2) is 18.0 Å². The van der Waals surface area contributed by atoms with Crippen LogP contribution in [-0.2, 0) is 17.6 Å². The third-order valence-electron chi connectivity index (χ3n) is 2.68. The highest BCUT2D eigenvalue weighted by atomic mass is 16.2. The van der Waals surface area contributed by atoms with Crippen LogP contribution in [0.3, 0.4) is 0 Å². The average Bonchev–Trinajstić information content (AvgIpc) is 2.29. The van der Waals surface area contributed by atoms with E-state index < -0.39 is 0 Å². The highest BCUT2D eigenvalue weighted by Gasteiger charge is 2.03. The molecule has 3 nitrogen and oxygen atoms in total. The zero-order valence-electron chi connectivity index (χ0n) is 10.1. The number of carbonyl (C=O) groups is 1. The summed E-state index contributed by atoms with van der Waals surface area (Å²) in [7, 11) is 1.58. The Balaban J connectivity index is 2.34. The molecule has 0 saturated heterocycles. The van der Waals surface area contributed by atoms with E-state index in [1.807, 2.05) is 0 Å². The Kier molecular flexibility index (Phi) is 4.99. The highest BCUT2D eigenvalue weighted by molar-refractivity contribution is 5.75. The third-order valence-corrected chi connectivity index (χ3v) is 2.68. The monoisotopic (exact) mass is 220 g/mol. The zero-order valence-corrected chi connectivity index (χ0v) is 10.1. The first-order valence-corrected chi connectivity index (χ1v) is 5.72. The number of benzene rings is 1. The lowest BCUT2D eigenvalue weighted by atomic mass is 10.0. The number of hydrogen-bond acceptors (Lipinski definition) is 2. The number of hydrazine groups is 1. The van der Waals surface area contributed by atoms with Crippen LogP contribution < -0.4 is 5.84 Å². The number of carbonyl (C=O) groups excluding carboxylic acids is 1. The molecule has 0 fully saturated rings. The van der Waals surface area contributed by atoms with Gasteiger partial charge < -0.3 is 0 Å². The maximum Gasteiger partial charge on any atom is 0.236 e. The molecule has 0 aliphatic rings. The Morgan fingerprint density at radius 3 is 2.31 bits per heavy atom. The van der Waals surface area contributed by atoms with Crippen LogP contribution in [0.25, 0.3) is 0 Å². The Morgan fingerprint density at radius 2 is 1.81 bits per heavy atom. The van der Waals surface area contributed by atoms with Gasteiger partial charge in [-0.25, -0.2) is 5.84 Å². The summed E-state index contributed by atoms with van der Waals surface area (Å²) in [4.78, 5) is 11.2. The van der Waals surface area contributed by atoms with Gasteiger partial charge in [0.2, 0.25) is 5.91 Å². The van der Waals surface area contributed by atoms with E-state index in [4.69, 9.17) is 5.84 Å². The molecule has 0 aliphatic carbocycles. The molecule has 1 rings (SSSR count). The summed E-state index contributed by atoms with van der Waals surface area (Å²) >= 11 is 0. The largest absolute Gasteiger partial charge is 0.284 e. The van der Waals surface area contributed by atoms with Gasteiger partial charge in [-0.3, -0.25) is 9.80 Å². The first kappa shape index (κ1) is 12.7. The van der Waals surface area contributed by atoms with Crippen LogP contribution in [0.15, 0.2) is 24.3 Å². The fraction of sp³-hybridized carbons (Fsp3) is 0.462. The molecule has 88 valence electrons. The van der Waals surface area contributed by atoms with E-state index in [2.05, 4.69) is 31.2 Å². The molecule has 0 heterocycles. The summed E-state index contributed by atoms with van der Waals surface area (Å²) in [6, 6.07) is 8.56. The van der Waals surface area contributed by atoms with Gasteiger partial charge in [0, 0.05) is 13.5 Å². The van der Waals surface area contributed by atoms with Crippen molar-refractivity contribution in [1.29, 1.82) is 0 Å². The third kappa shape index (κ3) is 4.03. The normalized spacial score (nSPS) is 10.2. The van der Waals surface area contributed by atoms with E-state index in [9.17, 15) is 4.79 Å². The van der Waals surface area contributed by atoms with E-state index in [1.165, 1.54) is 11.1 Å². The predicted molar refractivity (Wildman–Crippen MR) is 65.7 cm³/mol. The maximum absolute atomic E-state index is 11.2. The number of amides is 1. The van der Waals surface area contributed by atoms with Crippen molar-refractivity contribution in [2.24, 2.45) is 5.84 Å². The minimum Gasteiger partial charge on any atom is -0.284 e. The van der Waals surface area contributed by atoms with Crippen molar-refractivity contribution < 1.29 is 4.79 Å². The second kappa shape index (κ2) is 6.28. The van der Waals surface area contributed by atoms with Crippen LogP contribution in [0.1, 0.15) is 30.9 Å². The van der Waals surface area contributed by atoms with Gasteiger partial charge in [0.15, 0.2) is 0 Å². The van der Waals surface area contributed by atoms with Crippen LogP contribution in [0.2, 0.25) is 0 Å². The molecular formula is C13H20N2O. The number of nitrogens with zero attached hydrogens (tertiary/aromatic N) is 1. The first-order valence-electron chi connectivity index (χ1n) is 5.72. The minimum absolute atomic E-state index is 0.00909. The first-order chi connectivity index (χ1) is 7.63. The molecule has 0 spiro atoms. The molecule has 1 aromatic carbocycles. The molecule has 2 N–H and O–H groups in total. The van der Waals surface area contributed by atoms with E-state index in [-0.39, 0.29) is 5.91 Å². The van der Waals surface area contributed by atoms with E-state index in [0.29, 0.717) is 6.42 Å². The van der Waals surface area contributed by atoms with E-state index in [1.54, 1.807) is 7.05 Å². The van der Waals surface area contributed by atoms with Gasteiger partial charge in [-0.05, 0) is 30.4 Å². The molecule has 0 atom stereocenters. The topological polar surface area (TPSA) is 46.3 Å². The maximum atomic E-state index is 11.2. The lowest BCUT2D eigenvalue weighted by Gasteiger charge is -2.09. The van der Waals surface area contributed by atoms with E-state index >= 15 is 0 Å². The minimum atomic E-state index is -0.00909. The second-order valence-electron chi connectivity index (χ2n) is 4.03. The van der Waals surface area contributed by atoms with Crippen molar-refractivity contribution in [3.8, 4) is 0 Å². The second-order valence-corrected chi connectivity index (χ2v) is 4.03. The molecule has 0 aromatic heterocycles. The molecule has 1 amide bonds. The molecule has 1 aromatic rings. The summed E-state index contributed by atoms with van der Waals surface area (Å²) in [5.41, 5.74) is 2.63. The van der Waals surface area contributed by atoms with Gasteiger partial charge in [-0.2, -0.15) is 0 Å². The fourth-order valence-corrected chi connectivity index (χ4v) is 1.56. The van der Waals surface area contributed by atoms with Crippen LogP contribution in [0, 0.1) is 0 Å². The van der Waals surface area contributed by atoms with Crippen LogP contribution in [0.5, 0.6) is 0 Å². The van der Waals surface area contributed by atoms with Crippen molar-refractivity contribution in [1.82, 2.24) is 5.01 Å². The summed E-state index contributed by atoms with van der Waals surface area (Å²) in [6.45, 7) is 2.14. The smallest absolute Gasteiger partial charge is 0.236 e. The Bertz CT molecular complexity index is 330. The number of aryl methyl sites for hydroxylation is 2. The summed E-state index contributed by atoms with van der Waals surface area (Å²) in [6.07, 6.45) is 3.37. The van der Waals surface area contributed by atoms with Gasteiger partial charge in [0.05, 0.1) is 0 Å². The van der Waals surface area contributed by atoms with Crippen molar-refractivity contribution in [2.45, 2.75) is 32.6 Å². The molecular weight excluding hydrogens is 200 g/mol. The standard InChI is InChI=1S/C13H20N2O/c1-3-11-7-9-12(10-8-11)5-4-6-13(16)15(2)14/h7-10H,3-6,14H2,1-2H3. The number of rotatable bonds is 5. The zero-order chi connectivity index (χ0) is 12.0. The fourth-order valence-electron chi connectivity index (χ4n) is 1.56. The van der Waals surface area contributed by atoms with Crippen molar-refractivity contribution in [2.75, 3.05) is 7.05 Å². The van der Waals surface area contributed by atoms with Gasteiger partial charge >= 0.3 is 0 Å².